The van der Waals surface area contributed by atoms with Gasteiger partial charge in [0.25, 0.3) is 15.7 Å². The normalized spacial score (nSPS) is 12.0. The summed E-state index contributed by atoms with van der Waals surface area (Å²) in [6, 6.07) is 13.6. The van der Waals surface area contributed by atoms with E-state index in [-0.39, 0.29) is 35.2 Å². The van der Waals surface area contributed by atoms with Gasteiger partial charge >= 0.3 is 0 Å². The molecule has 0 unspecified atom stereocenters. The molecule has 0 aliphatic rings. The molecule has 0 bridgehead atoms. The van der Waals surface area contributed by atoms with Crippen molar-refractivity contribution in [1.82, 2.24) is 10.2 Å². The van der Waals surface area contributed by atoms with E-state index in [2.05, 4.69) is 5.32 Å². The Labute approximate surface area is 250 Å². The van der Waals surface area contributed by atoms with Crippen LogP contribution in [0.4, 0.5) is 15.8 Å². The van der Waals surface area contributed by atoms with Gasteiger partial charge in [-0.3, -0.25) is 24.0 Å². The highest BCUT2D eigenvalue weighted by molar-refractivity contribution is 7.92. The third-order valence-corrected chi connectivity index (χ3v) is 8.46. The Morgan fingerprint density at radius 3 is 2.21 bits per heavy atom. The molecule has 0 fully saturated rings. The lowest BCUT2D eigenvalue weighted by molar-refractivity contribution is -0.385. The summed E-state index contributed by atoms with van der Waals surface area (Å²) in [6.45, 7) is 5.92. The van der Waals surface area contributed by atoms with E-state index in [0.717, 1.165) is 10.4 Å². The molecule has 1 N–H and O–H groups in total. The van der Waals surface area contributed by atoms with Crippen molar-refractivity contribution < 1.29 is 32.1 Å². The van der Waals surface area contributed by atoms with Gasteiger partial charge in [-0.15, -0.1) is 0 Å². The number of nitrogens with zero attached hydrogens (tertiary/aromatic N) is 3. The molecule has 230 valence electrons. The summed E-state index contributed by atoms with van der Waals surface area (Å²) in [4.78, 5) is 39.0. The van der Waals surface area contributed by atoms with Gasteiger partial charge in [-0.1, -0.05) is 25.1 Å². The van der Waals surface area contributed by atoms with Crippen LogP contribution in [-0.2, 0) is 26.2 Å². The molecule has 3 aromatic rings. The molecular weight excluding hydrogens is 579 g/mol. The molecule has 1 atom stereocenters. The third-order valence-electron chi connectivity index (χ3n) is 6.69. The number of rotatable bonds is 13. The zero-order valence-corrected chi connectivity index (χ0v) is 25.4. The number of amides is 2. The third kappa shape index (κ3) is 8.07. The van der Waals surface area contributed by atoms with Crippen molar-refractivity contribution in [3.8, 4) is 5.75 Å². The van der Waals surface area contributed by atoms with Gasteiger partial charge < -0.3 is 15.0 Å². The van der Waals surface area contributed by atoms with Gasteiger partial charge in [-0.05, 0) is 75.2 Å². The van der Waals surface area contributed by atoms with Crippen LogP contribution in [0.1, 0.15) is 38.3 Å². The van der Waals surface area contributed by atoms with E-state index in [0.29, 0.717) is 11.3 Å². The van der Waals surface area contributed by atoms with Crippen molar-refractivity contribution >= 4 is 33.2 Å². The predicted octanol–water partition coefficient (Wildman–Crippen LogP) is 4.58. The first-order valence-corrected chi connectivity index (χ1v) is 15.0. The maximum Gasteiger partial charge on any atom is 0.273 e. The summed E-state index contributed by atoms with van der Waals surface area (Å²) in [6.07, 6.45) is 0.213. The van der Waals surface area contributed by atoms with Gasteiger partial charge in [0.2, 0.25) is 11.8 Å². The summed E-state index contributed by atoms with van der Waals surface area (Å²) in [7, 11) is -3.09. The van der Waals surface area contributed by atoms with Gasteiger partial charge in [0, 0.05) is 24.2 Å². The number of anilines is 1. The first-order valence-electron chi connectivity index (χ1n) is 13.5. The first kappa shape index (κ1) is 33.0. The molecule has 0 saturated carbocycles. The van der Waals surface area contributed by atoms with E-state index in [9.17, 15) is 32.5 Å². The first-order chi connectivity index (χ1) is 20.3. The molecule has 0 saturated heterocycles. The summed E-state index contributed by atoms with van der Waals surface area (Å²) >= 11 is 0. The molecule has 0 aliphatic carbocycles. The summed E-state index contributed by atoms with van der Waals surface area (Å²) in [5.74, 6) is -1.18. The number of nitro benzene ring substituents is 1. The number of carbonyl (C=O) groups excluding carboxylic acids is 2. The number of nitrogens with one attached hydrogen (secondary N) is 1. The van der Waals surface area contributed by atoms with Crippen LogP contribution in [0.15, 0.2) is 71.6 Å². The lowest BCUT2D eigenvalue weighted by atomic mass is 10.1. The van der Waals surface area contributed by atoms with E-state index < -0.39 is 50.9 Å². The number of nitro groups is 1. The molecule has 11 nitrogen and oxygen atoms in total. The van der Waals surface area contributed by atoms with Crippen LogP contribution in [-0.4, -0.2) is 55.8 Å². The van der Waals surface area contributed by atoms with E-state index in [1.165, 1.54) is 79.6 Å². The number of ether oxygens (including phenoxy) is 1. The highest BCUT2D eigenvalue weighted by Crippen LogP contribution is 2.29. The molecule has 0 spiro atoms. The Hall–Kier alpha value is -4.52. The molecular formula is C30H35FN4O7S. The fraction of sp³-hybridized carbons (Fsp3) is 0.333. The summed E-state index contributed by atoms with van der Waals surface area (Å²) < 4.78 is 47.7. The fourth-order valence-electron chi connectivity index (χ4n) is 4.44. The number of benzene rings is 3. The van der Waals surface area contributed by atoms with E-state index in [1.807, 2.05) is 0 Å². The predicted molar refractivity (Wildman–Crippen MR) is 160 cm³/mol. The zero-order valence-electron chi connectivity index (χ0n) is 24.6. The number of aryl methyl sites for hydroxylation is 1. The Balaban J connectivity index is 2.12. The van der Waals surface area contributed by atoms with Crippen molar-refractivity contribution in [2.24, 2.45) is 0 Å². The number of halogens is 1. The molecule has 0 aliphatic heterocycles. The summed E-state index contributed by atoms with van der Waals surface area (Å²) in [5, 5.41) is 14.4. The van der Waals surface area contributed by atoms with Crippen molar-refractivity contribution in [2.75, 3.05) is 18.0 Å². The Morgan fingerprint density at radius 1 is 1.05 bits per heavy atom. The van der Waals surface area contributed by atoms with E-state index in [4.69, 9.17) is 4.74 Å². The largest absolute Gasteiger partial charge is 0.497 e. The Morgan fingerprint density at radius 2 is 1.67 bits per heavy atom. The highest BCUT2D eigenvalue weighted by atomic mass is 32.2. The smallest absolute Gasteiger partial charge is 0.273 e. The number of hydrogen-bond donors (Lipinski definition) is 1. The second-order valence-electron chi connectivity index (χ2n) is 10.2. The minimum absolute atomic E-state index is 0.0961. The Kier molecular flexibility index (Phi) is 10.8. The number of carbonyl (C=O) groups is 2. The molecule has 2 amide bonds. The van der Waals surface area contributed by atoms with Gasteiger partial charge in [0.05, 0.1) is 22.6 Å². The van der Waals surface area contributed by atoms with E-state index in [1.54, 1.807) is 20.8 Å². The second kappa shape index (κ2) is 14.1. The fourth-order valence-corrected chi connectivity index (χ4v) is 5.87. The van der Waals surface area contributed by atoms with Gasteiger partial charge in [0.1, 0.15) is 24.2 Å². The second-order valence-corrected chi connectivity index (χ2v) is 12.0. The van der Waals surface area contributed by atoms with Crippen LogP contribution in [0.5, 0.6) is 5.75 Å². The van der Waals surface area contributed by atoms with Crippen molar-refractivity contribution in [1.29, 1.82) is 0 Å². The zero-order chi connectivity index (χ0) is 31.9. The molecule has 0 heterocycles. The van der Waals surface area contributed by atoms with Gasteiger partial charge in [-0.25, -0.2) is 12.8 Å². The number of hydrogen-bond acceptors (Lipinski definition) is 7. The molecule has 0 aromatic heterocycles. The molecule has 0 radical (unpaired) electrons. The minimum Gasteiger partial charge on any atom is -0.497 e. The van der Waals surface area contributed by atoms with Crippen LogP contribution < -0.4 is 14.4 Å². The quantitative estimate of drug-likeness (QED) is 0.220. The minimum atomic E-state index is -4.53. The van der Waals surface area contributed by atoms with Gasteiger partial charge in [-0.2, -0.15) is 0 Å². The van der Waals surface area contributed by atoms with Crippen molar-refractivity contribution in [2.45, 2.75) is 57.6 Å². The van der Waals surface area contributed by atoms with Crippen LogP contribution in [0.3, 0.4) is 0 Å². The van der Waals surface area contributed by atoms with Gasteiger partial charge in [0.15, 0.2) is 0 Å². The van der Waals surface area contributed by atoms with Crippen LogP contribution in [0.25, 0.3) is 0 Å². The van der Waals surface area contributed by atoms with Crippen molar-refractivity contribution in [3.63, 3.8) is 0 Å². The average Bonchev–Trinajstić information content (AvgIpc) is 2.96. The summed E-state index contributed by atoms with van der Waals surface area (Å²) in [5.41, 5.74) is 0.497. The van der Waals surface area contributed by atoms with Crippen LogP contribution >= 0.6 is 0 Å². The SMILES string of the molecule is CC[C@H](C(=O)NC(C)C)N(Cc1ccc(F)cc1)C(=O)CN(c1ccc(OC)cc1)S(=O)(=O)c1ccc(C)c([N+](=O)[O-])c1. The maximum atomic E-state index is 14.1. The monoisotopic (exact) mass is 614 g/mol. The average molecular weight is 615 g/mol. The lowest BCUT2D eigenvalue weighted by Gasteiger charge is -2.33. The number of sulfonamides is 1. The topological polar surface area (TPSA) is 139 Å². The van der Waals surface area contributed by atoms with Crippen molar-refractivity contribution in [3.05, 3.63) is 93.8 Å². The number of methoxy groups -OCH3 is 1. The molecule has 3 aromatic carbocycles. The lowest BCUT2D eigenvalue weighted by Crippen LogP contribution is -2.53. The van der Waals surface area contributed by atoms with E-state index >= 15 is 0 Å². The molecule has 3 rings (SSSR count). The molecule has 13 heteroatoms. The standard InChI is InChI=1S/C30H35FN4O7S/c1-6-27(30(37)32-20(2)3)33(18-22-8-10-23(31)11-9-22)29(36)19-34(24-12-14-25(42-5)15-13-24)43(40,41)26-16-7-21(4)28(17-26)35(38)39/h7-17,20,27H,6,18-19H2,1-5H3,(H,32,37)/t27-/m1/s1. The maximum absolute atomic E-state index is 14.1. The molecule has 43 heavy (non-hydrogen) atoms. The van der Waals surface area contributed by atoms with Crippen LogP contribution in [0.2, 0.25) is 0 Å². The highest BCUT2D eigenvalue weighted by Gasteiger charge is 2.34. The van der Waals surface area contributed by atoms with Crippen LogP contribution in [0, 0.1) is 22.9 Å². The Bertz CT molecular complexity index is 1560.